The van der Waals surface area contributed by atoms with Crippen molar-refractivity contribution in [1.29, 1.82) is 0 Å². The van der Waals surface area contributed by atoms with Gasteiger partial charge in [-0.05, 0) is 58.9 Å². The van der Waals surface area contributed by atoms with Gasteiger partial charge in [0.25, 0.3) is 0 Å². The van der Waals surface area contributed by atoms with E-state index in [0.717, 1.165) is 0 Å². The maximum Gasteiger partial charge on any atom is 0.391 e. The van der Waals surface area contributed by atoms with Gasteiger partial charge in [0.15, 0.2) is 24.5 Å². The van der Waals surface area contributed by atoms with E-state index in [1.165, 1.54) is 6.08 Å². The summed E-state index contributed by atoms with van der Waals surface area (Å²) in [5, 5.41) is 0. The molecule has 0 aliphatic rings. The van der Waals surface area contributed by atoms with Gasteiger partial charge >= 0.3 is 14.5 Å². The second-order valence-corrected chi connectivity index (χ2v) is 36.1. The van der Waals surface area contributed by atoms with Gasteiger partial charge in [-0.1, -0.05) is 26.6 Å². The van der Waals surface area contributed by atoms with E-state index >= 15 is 0 Å². The molecule has 0 bridgehead atoms. The van der Waals surface area contributed by atoms with Gasteiger partial charge in [-0.15, -0.1) is 0 Å². The molecule has 27 heavy (non-hydrogen) atoms. The van der Waals surface area contributed by atoms with Gasteiger partial charge in [0.2, 0.25) is 5.41 Å². The molecule has 1 atom stereocenters. The molecule has 0 N–H and O–H groups in total. The standard InChI is InChI=1S/C17H42O5Si5/c1-14-16(18)19-17(15-2,20-26(11,12)23(3)4)27(13,21-24(5,6)7)22-25(8,9)10/h14,23H,1,15H2,2-13H3. The number of carbonyl (C=O) groups is 1. The molecule has 1 unspecified atom stereocenters. The first-order valence-corrected chi connectivity index (χ1v) is 25.9. The van der Waals surface area contributed by atoms with Crippen LogP contribution in [0.4, 0.5) is 0 Å². The van der Waals surface area contributed by atoms with Gasteiger partial charge in [0.05, 0.1) is 8.31 Å². The summed E-state index contributed by atoms with van der Waals surface area (Å²) in [5.74, 6) is -0.482. The van der Waals surface area contributed by atoms with Crippen LogP contribution >= 0.6 is 0 Å². The van der Waals surface area contributed by atoms with Crippen molar-refractivity contribution in [2.24, 2.45) is 0 Å². The van der Waals surface area contributed by atoms with Crippen molar-refractivity contribution < 1.29 is 22.2 Å². The van der Waals surface area contributed by atoms with Crippen molar-refractivity contribution in [3.8, 4) is 0 Å². The lowest BCUT2D eigenvalue weighted by molar-refractivity contribution is -0.178. The smallest absolute Gasteiger partial charge is 0.391 e. The van der Waals surface area contributed by atoms with Gasteiger partial charge in [0.1, 0.15) is 0 Å². The topological polar surface area (TPSA) is 54.0 Å². The molecule has 0 saturated carbocycles. The lowest BCUT2D eigenvalue weighted by Crippen LogP contribution is -2.72. The zero-order valence-corrected chi connectivity index (χ0v) is 24.8. The number of ether oxygens (including phenoxy) is 1. The van der Waals surface area contributed by atoms with Crippen LogP contribution in [0.2, 0.25) is 72.0 Å². The largest absolute Gasteiger partial charge is 0.433 e. The molecular formula is C17H42O5Si5. The predicted molar refractivity (Wildman–Crippen MR) is 127 cm³/mol. The molecule has 0 aromatic heterocycles. The van der Waals surface area contributed by atoms with Crippen molar-refractivity contribution in [3.05, 3.63) is 12.7 Å². The third-order valence-corrected chi connectivity index (χ3v) is 26.9. The number of hydrogen-bond acceptors (Lipinski definition) is 5. The van der Waals surface area contributed by atoms with Gasteiger partial charge in [-0.2, -0.15) is 0 Å². The highest BCUT2D eigenvalue weighted by Gasteiger charge is 2.62. The van der Waals surface area contributed by atoms with Crippen LogP contribution in [0.15, 0.2) is 12.7 Å². The predicted octanol–water partition coefficient (Wildman–Crippen LogP) is 4.92. The van der Waals surface area contributed by atoms with Gasteiger partial charge in [-0.25, -0.2) is 4.79 Å². The Hall–Kier alpha value is 0.174. The maximum absolute atomic E-state index is 12.4. The maximum atomic E-state index is 12.4. The monoisotopic (exact) mass is 466 g/mol. The minimum absolute atomic E-state index is 0.482. The van der Waals surface area contributed by atoms with E-state index in [1.807, 2.05) is 13.5 Å². The second kappa shape index (κ2) is 9.33. The first kappa shape index (κ1) is 27.2. The molecule has 5 nitrogen and oxygen atoms in total. The van der Waals surface area contributed by atoms with Crippen molar-refractivity contribution in [1.82, 2.24) is 0 Å². The molecule has 0 aliphatic carbocycles. The number of rotatable bonds is 11. The van der Waals surface area contributed by atoms with Crippen LogP contribution in [0, 0.1) is 0 Å². The number of carbonyl (C=O) groups excluding carboxylic acids is 1. The molecular weight excluding hydrogens is 425 g/mol. The fraction of sp³-hybridized carbons (Fsp3) is 0.824. The molecule has 10 heteroatoms. The molecule has 160 valence electrons. The Morgan fingerprint density at radius 1 is 0.963 bits per heavy atom. The zero-order valence-electron chi connectivity index (χ0n) is 19.6. The highest BCUT2D eigenvalue weighted by atomic mass is 29.2. The molecule has 0 aromatic rings. The average molecular weight is 467 g/mol. The lowest BCUT2D eigenvalue weighted by atomic mass is 10.4. The number of esters is 1. The summed E-state index contributed by atoms with van der Waals surface area (Å²) in [6, 6.07) is 0. The molecule has 0 aromatic carbocycles. The van der Waals surface area contributed by atoms with Gasteiger partial charge in [-0.3, -0.25) is 0 Å². The van der Waals surface area contributed by atoms with Gasteiger partial charge < -0.3 is 17.4 Å². The zero-order chi connectivity index (χ0) is 21.9. The van der Waals surface area contributed by atoms with Crippen LogP contribution in [-0.2, 0) is 22.2 Å². The third-order valence-electron chi connectivity index (χ3n) is 4.41. The van der Waals surface area contributed by atoms with Crippen LogP contribution in [0.3, 0.4) is 0 Å². The summed E-state index contributed by atoms with van der Waals surface area (Å²) in [5.41, 5.74) is -1.16. The van der Waals surface area contributed by atoms with Crippen LogP contribution in [0.5, 0.6) is 0 Å². The molecule has 0 saturated heterocycles. The number of hydrogen-bond donors (Lipinski definition) is 0. The highest BCUT2D eigenvalue weighted by molar-refractivity contribution is 7.28. The van der Waals surface area contributed by atoms with Gasteiger partial charge in [0, 0.05) is 12.5 Å². The Labute approximate surface area is 172 Å². The van der Waals surface area contributed by atoms with E-state index in [4.69, 9.17) is 17.4 Å². The van der Waals surface area contributed by atoms with Crippen LogP contribution in [0.25, 0.3) is 0 Å². The van der Waals surface area contributed by atoms with Crippen molar-refractivity contribution >= 4 is 47.3 Å². The minimum atomic E-state index is -3.07. The normalized spacial score (nSPS) is 16.2. The Balaban J connectivity index is 6.56. The molecule has 0 heterocycles. The minimum Gasteiger partial charge on any atom is -0.433 e. The second-order valence-electron chi connectivity index (χ2n) is 9.97. The van der Waals surface area contributed by atoms with Crippen LogP contribution in [-0.4, -0.2) is 52.7 Å². The molecule has 0 rings (SSSR count). The molecule has 0 aliphatic heterocycles. The Morgan fingerprint density at radius 3 is 1.63 bits per heavy atom. The fourth-order valence-corrected chi connectivity index (χ4v) is 19.3. The summed E-state index contributed by atoms with van der Waals surface area (Å²) < 4.78 is 26.3. The summed E-state index contributed by atoms with van der Waals surface area (Å²) in [4.78, 5) is 12.4. The Morgan fingerprint density at radius 2 is 1.37 bits per heavy atom. The Kier molecular flexibility index (Phi) is 9.39. The van der Waals surface area contributed by atoms with E-state index in [0.29, 0.717) is 6.42 Å². The lowest BCUT2D eigenvalue weighted by Gasteiger charge is -2.51. The third kappa shape index (κ3) is 8.21. The van der Waals surface area contributed by atoms with E-state index < -0.39 is 52.7 Å². The summed E-state index contributed by atoms with van der Waals surface area (Å²) in [6.07, 6.45) is 1.70. The Bertz CT molecular complexity index is 509. The fourth-order valence-electron chi connectivity index (χ4n) is 2.76. The van der Waals surface area contributed by atoms with E-state index in [-0.39, 0.29) is 0 Å². The van der Waals surface area contributed by atoms with Crippen molar-refractivity contribution in [2.75, 3.05) is 0 Å². The summed E-state index contributed by atoms with van der Waals surface area (Å²) in [7, 11) is -10.2. The first-order chi connectivity index (χ1) is 11.8. The summed E-state index contributed by atoms with van der Waals surface area (Å²) >= 11 is 0. The molecule has 0 radical (unpaired) electrons. The highest BCUT2D eigenvalue weighted by Crippen LogP contribution is 2.39. The molecule has 0 amide bonds. The summed E-state index contributed by atoms with van der Waals surface area (Å²) in [6.45, 7) is 29.5. The average Bonchev–Trinajstić information content (AvgIpc) is 2.41. The van der Waals surface area contributed by atoms with E-state index in [2.05, 4.69) is 72.0 Å². The molecule has 0 fully saturated rings. The van der Waals surface area contributed by atoms with Crippen molar-refractivity contribution in [2.45, 2.75) is 90.8 Å². The SMILES string of the molecule is C=CC(=O)OC(CC)(O[Si](C)(C)[SiH](C)C)[Si](C)(O[Si](C)(C)C)O[Si](C)(C)C. The quantitative estimate of drug-likeness (QED) is 0.187. The van der Waals surface area contributed by atoms with Crippen LogP contribution < -0.4 is 0 Å². The van der Waals surface area contributed by atoms with Crippen molar-refractivity contribution in [3.63, 3.8) is 0 Å². The van der Waals surface area contributed by atoms with Crippen LogP contribution in [0.1, 0.15) is 13.3 Å². The molecule has 0 spiro atoms. The van der Waals surface area contributed by atoms with E-state index in [9.17, 15) is 4.79 Å². The van der Waals surface area contributed by atoms with E-state index in [1.54, 1.807) is 0 Å². The first-order valence-electron chi connectivity index (χ1n) is 9.79.